The summed E-state index contributed by atoms with van der Waals surface area (Å²) >= 11 is 0. The molecular formula is C15H19N3. The summed E-state index contributed by atoms with van der Waals surface area (Å²) in [4.78, 5) is 8.49. The summed E-state index contributed by atoms with van der Waals surface area (Å²) in [5.41, 5.74) is 11.0. The van der Waals surface area contributed by atoms with Crippen LogP contribution in [0.25, 0.3) is 0 Å². The molecular weight excluding hydrogens is 222 g/mol. The molecule has 0 aliphatic heterocycles. The minimum Gasteiger partial charge on any atom is -0.322 e. The molecule has 0 aliphatic rings. The quantitative estimate of drug-likeness (QED) is 0.898. The van der Waals surface area contributed by atoms with E-state index in [1.165, 1.54) is 16.7 Å². The minimum atomic E-state index is -0.0773. The van der Waals surface area contributed by atoms with Crippen LogP contribution in [0.3, 0.4) is 0 Å². The first-order chi connectivity index (χ1) is 8.58. The highest BCUT2D eigenvalue weighted by Crippen LogP contribution is 2.20. The van der Waals surface area contributed by atoms with E-state index in [9.17, 15) is 0 Å². The van der Waals surface area contributed by atoms with Crippen molar-refractivity contribution < 1.29 is 0 Å². The van der Waals surface area contributed by atoms with Crippen LogP contribution in [-0.4, -0.2) is 9.97 Å². The van der Waals surface area contributed by atoms with Gasteiger partial charge in [-0.05, 0) is 49.9 Å². The Morgan fingerprint density at radius 2 is 1.78 bits per heavy atom. The molecule has 0 saturated carbocycles. The van der Waals surface area contributed by atoms with Crippen LogP contribution in [0.5, 0.6) is 0 Å². The summed E-state index contributed by atoms with van der Waals surface area (Å²) in [6, 6.07) is 8.15. The molecule has 3 nitrogen and oxygen atoms in total. The monoisotopic (exact) mass is 241 g/mol. The number of benzene rings is 1. The largest absolute Gasteiger partial charge is 0.322 e. The highest BCUT2D eigenvalue weighted by molar-refractivity contribution is 5.34. The normalized spacial score (nSPS) is 12.4. The molecule has 2 N–H and O–H groups in total. The molecule has 3 heteroatoms. The zero-order chi connectivity index (χ0) is 13.1. The molecule has 18 heavy (non-hydrogen) atoms. The van der Waals surface area contributed by atoms with E-state index in [-0.39, 0.29) is 6.04 Å². The van der Waals surface area contributed by atoms with Gasteiger partial charge in [0.05, 0.1) is 11.7 Å². The zero-order valence-corrected chi connectivity index (χ0v) is 11.1. The van der Waals surface area contributed by atoms with Crippen LogP contribution in [0.1, 0.15) is 34.3 Å². The van der Waals surface area contributed by atoms with Gasteiger partial charge in [-0.15, -0.1) is 0 Å². The molecule has 94 valence electrons. The summed E-state index contributed by atoms with van der Waals surface area (Å²) in [5, 5.41) is 0. The maximum Gasteiger partial charge on any atom is 0.125 e. The number of rotatable bonds is 3. The first kappa shape index (κ1) is 12.7. The third kappa shape index (κ3) is 2.74. The van der Waals surface area contributed by atoms with Gasteiger partial charge in [-0.2, -0.15) is 0 Å². The molecule has 0 radical (unpaired) electrons. The summed E-state index contributed by atoms with van der Waals surface area (Å²) in [5.74, 6) is 0.768. The van der Waals surface area contributed by atoms with Crippen molar-refractivity contribution in [3.05, 3.63) is 58.7 Å². The zero-order valence-electron chi connectivity index (χ0n) is 11.1. The van der Waals surface area contributed by atoms with Gasteiger partial charge >= 0.3 is 0 Å². The summed E-state index contributed by atoms with van der Waals surface area (Å²) in [7, 11) is 0. The van der Waals surface area contributed by atoms with Crippen LogP contribution in [-0.2, 0) is 6.42 Å². The number of aromatic nitrogens is 2. The van der Waals surface area contributed by atoms with Crippen LogP contribution in [0.15, 0.2) is 30.5 Å². The number of aryl methyl sites for hydroxylation is 3. The van der Waals surface area contributed by atoms with Gasteiger partial charge in [-0.25, -0.2) is 9.97 Å². The molecule has 2 aromatic rings. The summed E-state index contributed by atoms with van der Waals surface area (Å²) < 4.78 is 0. The van der Waals surface area contributed by atoms with Crippen molar-refractivity contribution in [3.63, 3.8) is 0 Å². The van der Waals surface area contributed by atoms with Crippen molar-refractivity contribution >= 4 is 0 Å². The van der Waals surface area contributed by atoms with Gasteiger partial charge < -0.3 is 5.73 Å². The van der Waals surface area contributed by atoms with E-state index < -0.39 is 0 Å². The van der Waals surface area contributed by atoms with Gasteiger partial charge in [0.15, 0.2) is 0 Å². The Bertz CT molecular complexity index is 529. The maximum atomic E-state index is 6.24. The second-order valence-electron chi connectivity index (χ2n) is 4.71. The van der Waals surface area contributed by atoms with Crippen LogP contribution >= 0.6 is 0 Å². The van der Waals surface area contributed by atoms with Crippen molar-refractivity contribution in [2.45, 2.75) is 33.2 Å². The fraction of sp³-hybridized carbons (Fsp3) is 0.333. The summed E-state index contributed by atoms with van der Waals surface area (Å²) in [6.07, 6.45) is 2.58. The molecule has 0 fully saturated rings. The summed E-state index contributed by atoms with van der Waals surface area (Å²) in [6.45, 7) is 6.13. The van der Waals surface area contributed by atoms with E-state index in [0.29, 0.717) is 0 Å². The van der Waals surface area contributed by atoms with Gasteiger partial charge in [0.2, 0.25) is 0 Å². The lowest BCUT2D eigenvalue weighted by Crippen LogP contribution is -2.16. The molecule has 1 heterocycles. The Kier molecular flexibility index (Phi) is 3.72. The van der Waals surface area contributed by atoms with Crippen molar-refractivity contribution in [2.24, 2.45) is 5.73 Å². The molecule has 0 spiro atoms. The van der Waals surface area contributed by atoms with Crippen LogP contribution in [0, 0.1) is 20.8 Å². The Labute approximate surface area is 108 Å². The van der Waals surface area contributed by atoms with Crippen LogP contribution in [0.4, 0.5) is 0 Å². The SMILES string of the molecule is Cc1nccc(C(N)Cc2c(C)cccc2C)n1. The van der Waals surface area contributed by atoms with E-state index in [4.69, 9.17) is 5.73 Å². The fourth-order valence-corrected chi connectivity index (χ4v) is 2.18. The van der Waals surface area contributed by atoms with Crippen LogP contribution in [0.2, 0.25) is 0 Å². The van der Waals surface area contributed by atoms with E-state index in [2.05, 4.69) is 42.0 Å². The number of hydrogen-bond donors (Lipinski definition) is 1. The third-order valence-electron chi connectivity index (χ3n) is 3.25. The van der Waals surface area contributed by atoms with Crippen LogP contribution < -0.4 is 5.73 Å². The number of nitrogens with two attached hydrogens (primary N) is 1. The van der Waals surface area contributed by atoms with E-state index >= 15 is 0 Å². The molecule has 1 atom stereocenters. The Morgan fingerprint density at radius 3 is 2.39 bits per heavy atom. The Hall–Kier alpha value is -1.74. The lowest BCUT2D eigenvalue weighted by Gasteiger charge is -2.15. The topological polar surface area (TPSA) is 51.8 Å². The number of hydrogen-bond acceptors (Lipinski definition) is 3. The fourth-order valence-electron chi connectivity index (χ4n) is 2.18. The predicted octanol–water partition coefficient (Wildman–Crippen LogP) is 2.64. The van der Waals surface area contributed by atoms with E-state index in [0.717, 1.165) is 17.9 Å². The average molecular weight is 241 g/mol. The lowest BCUT2D eigenvalue weighted by molar-refractivity contribution is 0.683. The van der Waals surface area contributed by atoms with Gasteiger partial charge in [0.25, 0.3) is 0 Å². The number of nitrogens with zero attached hydrogens (tertiary/aromatic N) is 2. The second kappa shape index (κ2) is 5.27. The smallest absolute Gasteiger partial charge is 0.125 e. The highest BCUT2D eigenvalue weighted by atomic mass is 14.9. The maximum absolute atomic E-state index is 6.24. The predicted molar refractivity (Wildman–Crippen MR) is 73.3 cm³/mol. The standard InChI is InChI=1S/C15H19N3/c1-10-5-4-6-11(2)13(10)9-14(16)15-7-8-17-12(3)18-15/h4-8,14H,9,16H2,1-3H3. The minimum absolute atomic E-state index is 0.0773. The molecule has 1 aromatic heterocycles. The van der Waals surface area contributed by atoms with Crippen molar-refractivity contribution in [3.8, 4) is 0 Å². The average Bonchev–Trinajstić information content (AvgIpc) is 2.34. The first-order valence-corrected chi connectivity index (χ1v) is 6.18. The highest BCUT2D eigenvalue weighted by Gasteiger charge is 2.12. The van der Waals surface area contributed by atoms with Gasteiger partial charge in [0.1, 0.15) is 5.82 Å². The molecule has 0 bridgehead atoms. The van der Waals surface area contributed by atoms with Gasteiger partial charge in [-0.3, -0.25) is 0 Å². The molecule has 2 rings (SSSR count). The molecule has 1 aromatic carbocycles. The molecule has 1 unspecified atom stereocenters. The Balaban J connectivity index is 2.24. The molecule has 0 aliphatic carbocycles. The third-order valence-corrected chi connectivity index (χ3v) is 3.25. The van der Waals surface area contributed by atoms with Gasteiger partial charge in [-0.1, -0.05) is 18.2 Å². The van der Waals surface area contributed by atoms with E-state index in [1.807, 2.05) is 13.0 Å². The first-order valence-electron chi connectivity index (χ1n) is 6.18. The van der Waals surface area contributed by atoms with E-state index in [1.54, 1.807) is 6.20 Å². The molecule has 0 saturated heterocycles. The van der Waals surface area contributed by atoms with Crippen molar-refractivity contribution in [1.82, 2.24) is 9.97 Å². The molecule has 0 amide bonds. The second-order valence-corrected chi connectivity index (χ2v) is 4.71. The lowest BCUT2D eigenvalue weighted by atomic mass is 9.95. The Morgan fingerprint density at radius 1 is 1.11 bits per heavy atom. The van der Waals surface area contributed by atoms with Crippen molar-refractivity contribution in [2.75, 3.05) is 0 Å². The van der Waals surface area contributed by atoms with Gasteiger partial charge in [0, 0.05) is 6.20 Å². The van der Waals surface area contributed by atoms with Crippen molar-refractivity contribution in [1.29, 1.82) is 0 Å².